The van der Waals surface area contributed by atoms with Crippen LogP contribution >= 0.6 is 0 Å². The van der Waals surface area contributed by atoms with Crippen LogP contribution in [0.15, 0.2) is 24.3 Å². The van der Waals surface area contributed by atoms with Gasteiger partial charge >= 0.3 is 6.09 Å². The average Bonchev–Trinajstić information content (AvgIpc) is 2.56. The highest BCUT2D eigenvalue weighted by atomic mass is 16.6. The number of carbonyl (C=O) groups is 2. The van der Waals surface area contributed by atoms with E-state index in [1.165, 1.54) is 4.90 Å². The van der Waals surface area contributed by atoms with Crippen molar-refractivity contribution in [3.63, 3.8) is 0 Å². The molecule has 126 valence electrons. The number of hydrogen-bond acceptors (Lipinski definition) is 3. The van der Waals surface area contributed by atoms with Gasteiger partial charge in [-0.2, -0.15) is 0 Å². The molecule has 0 radical (unpaired) electrons. The topological polar surface area (TPSA) is 63.1 Å². The van der Waals surface area contributed by atoms with Crippen molar-refractivity contribution in [1.82, 2.24) is 4.90 Å². The predicted octanol–water partition coefficient (Wildman–Crippen LogP) is 0.679. The number of piperazine rings is 1. The summed E-state index contributed by atoms with van der Waals surface area (Å²) in [5.41, 5.74) is 1.91. The zero-order chi connectivity index (χ0) is 16.8. The van der Waals surface area contributed by atoms with Gasteiger partial charge in [-0.1, -0.05) is 18.2 Å². The number of aryl methyl sites for hydroxylation is 1. The third-order valence-electron chi connectivity index (χ3n) is 4.34. The highest BCUT2D eigenvalue weighted by molar-refractivity contribution is 5.94. The summed E-state index contributed by atoms with van der Waals surface area (Å²) in [6.45, 7) is 8.85. The van der Waals surface area contributed by atoms with Gasteiger partial charge in [-0.3, -0.25) is 9.69 Å². The number of nitrogens with one attached hydrogen (secondary N) is 2. The van der Waals surface area contributed by atoms with Gasteiger partial charge in [-0.05, 0) is 32.4 Å². The van der Waals surface area contributed by atoms with Crippen LogP contribution < -0.4 is 10.2 Å². The second-order valence-corrected chi connectivity index (χ2v) is 5.87. The Hall–Kier alpha value is -2.08. The summed E-state index contributed by atoms with van der Waals surface area (Å²) in [4.78, 5) is 27.0. The standard InChI is InChI=1S/C17H25N3O3/c1-4-23-17(22)20-11-9-19(10-12-20)14(3)16(21)18-15-8-6-5-7-13(15)2/h5-8,14H,4,9-12H2,1-3H3,(H,18,21)/p+1/t14-/m1/s1. The molecule has 0 aliphatic carbocycles. The van der Waals surface area contributed by atoms with Crippen molar-refractivity contribution in [2.75, 3.05) is 38.1 Å². The normalized spacial score (nSPS) is 16.7. The van der Waals surface area contributed by atoms with Gasteiger partial charge in [-0.15, -0.1) is 0 Å². The number of rotatable bonds is 4. The third kappa shape index (κ3) is 4.45. The van der Waals surface area contributed by atoms with Gasteiger partial charge in [0.25, 0.3) is 5.91 Å². The molecular weight excluding hydrogens is 294 g/mol. The molecule has 1 aromatic carbocycles. The minimum Gasteiger partial charge on any atom is -0.450 e. The lowest BCUT2D eigenvalue weighted by molar-refractivity contribution is -0.917. The minimum absolute atomic E-state index is 0.0129. The number of amides is 2. The van der Waals surface area contributed by atoms with Gasteiger partial charge in [0.05, 0.1) is 32.8 Å². The van der Waals surface area contributed by atoms with E-state index in [2.05, 4.69) is 5.32 Å². The van der Waals surface area contributed by atoms with Crippen LogP contribution in [-0.2, 0) is 9.53 Å². The van der Waals surface area contributed by atoms with Crippen molar-refractivity contribution in [3.8, 4) is 0 Å². The van der Waals surface area contributed by atoms with Crippen LogP contribution in [0.4, 0.5) is 10.5 Å². The second-order valence-electron chi connectivity index (χ2n) is 5.87. The van der Waals surface area contributed by atoms with Gasteiger partial charge in [-0.25, -0.2) is 4.79 Å². The quantitative estimate of drug-likeness (QED) is 0.857. The molecule has 6 nitrogen and oxygen atoms in total. The third-order valence-corrected chi connectivity index (χ3v) is 4.34. The van der Waals surface area contributed by atoms with Crippen LogP contribution in [0.1, 0.15) is 19.4 Å². The van der Waals surface area contributed by atoms with E-state index in [0.29, 0.717) is 19.7 Å². The van der Waals surface area contributed by atoms with Gasteiger partial charge in [0.15, 0.2) is 6.04 Å². The molecule has 1 saturated heterocycles. The number of carbonyl (C=O) groups excluding carboxylic acids is 2. The van der Waals surface area contributed by atoms with Crippen molar-refractivity contribution in [3.05, 3.63) is 29.8 Å². The van der Waals surface area contributed by atoms with Gasteiger partial charge in [0, 0.05) is 5.69 Å². The van der Waals surface area contributed by atoms with E-state index >= 15 is 0 Å². The van der Waals surface area contributed by atoms with Crippen molar-refractivity contribution in [1.29, 1.82) is 0 Å². The Kier molecular flexibility index (Phi) is 5.98. The first-order valence-electron chi connectivity index (χ1n) is 8.15. The molecule has 1 aliphatic heterocycles. The molecule has 1 aromatic rings. The van der Waals surface area contributed by atoms with Crippen LogP contribution in [0, 0.1) is 6.92 Å². The molecule has 0 bridgehead atoms. The first kappa shape index (κ1) is 17.3. The fourth-order valence-corrected chi connectivity index (χ4v) is 2.76. The predicted molar refractivity (Wildman–Crippen MR) is 88.6 cm³/mol. The maximum absolute atomic E-state index is 12.4. The van der Waals surface area contributed by atoms with Crippen LogP contribution in [0.2, 0.25) is 0 Å². The van der Waals surface area contributed by atoms with Crippen molar-refractivity contribution in [2.24, 2.45) is 0 Å². The Morgan fingerprint density at radius 3 is 2.57 bits per heavy atom. The van der Waals surface area contributed by atoms with Gasteiger partial charge in [0.2, 0.25) is 0 Å². The summed E-state index contributed by atoms with van der Waals surface area (Å²) in [5.74, 6) is 0.0129. The number of para-hydroxylation sites is 1. The van der Waals surface area contributed by atoms with E-state index in [0.717, 1.165) is 24.3 Å². The lowest BCUT2D eigenvalue weighted by Gasteiger charge is -2.34. The molecule has 1 fully saturated rings. The molecule has 1 aliphatic rings. The summed E-state index contributed by atoms with van der Waals surface area (Å²) in [6.07, 6.45) is -0.261. The fraction of sp³-hybridized carbons (Fsp3) is 0.529. The molecule has 2 N–H and O–H groups in total. The van der Waals surface area contributed by atoms with Gasteiger partial charge < -0.3 is 15.0 Å². The summed E-state index contributed by atoms with van der Waals surface area (Å²) >= 11 is 0. The minimum atomic E-state index is -0.261. The molecule has 2 rings (SSSR count). The zero-order valence-electron chi connectivity index (χ0n) is 14.1. The molecule has 0 spiro atoms. The highest BCUT2D eigenvalue weighted by Crippen LogP contribution is 2.13. The molecule has 0 aromatic heterocycles. The largest absolute Gasteiger partial charge is 0.450 e. The van der Waals surface area contributed by atoms with E-state index in [1.54, 1.807) is 11.8 Å². The van der Waals surface area contributed by atoms with Crippen LogP contribution in [-0.4, -0.2) is 55.7 Å². The summed E-state index contributed by atoms with van der Waals surface area (Å²) in [5, 5.41) is 3.00. The number of nitrogens with zero attached hydrogens (tertiary/aromatic N) is 1. The van der Waals surface area contributed by atoms with E-state index < -0.39 is 0 Å². The second kappa shape index (κ2) is 7.97. The summed E-state index contributed by atoms with van der Waals surface area (Å²) < 4.78 is 5.02. The smallest absolute Gasteiger partial charge is 0.410 e. The van der Waals surface area contributed by atoms with Crippen molar-refractivity contribution < 1.29 is 19.2 Å². The van der Waals surface area contributed by atoms with E-state index in [9.17, 15) is 9.59 Å². The van der Waals surface area contributed by atoms with E-state index in [1.807, 2.05) is 38.1 Å². The monoisotopic (exact) mass is 320 g/mol. The van der Waals surface area contributed by atoms with E-state index in [4.69, 9.17) is 4.74 Å². The molecule has 1 heterocycles. The fourth-order valence-electron chi connectivity index (χ4n) is 2.76. The Bertz CT molecular complexity index is 554. The maximum Gasteiger partial charge on any atom is 0.410 e. The van der Waals surface area contributed by atoms with E-state index in [-0.39, 0.29) is 18.0 Å². The van der Waals surface area contributed by atoms with Crippen LogP contribution in [0.25, 0.3) is 0 Å². The molecule has 0 unspecified atom stereocenters. The number of anilines is 1. The molecule has 23 heavy (non-hydrogen) atoms. The van der Waals surface area contributed by atoms with Gasteiger partial charge in [0.1, 0.15) is 0 Å². The summed E-state index contributed by atoms with van der Waals surface area (Å²) in [6, 6.07) is 7.60. The molecular formula is C17H26N3O3+. The highest BCUT2D eigenvalue weighted by Gasteiger charge is 2.31. The Morgan fingerprint density at radius 2 is 1.96 bits per heavy atom. The molecule has 2 amide bonds. The molecule has 6 heteroatoms. The number of ether oxygens (including phenoxy) is 1. The molecule has 1 atom stereocenters. The Labute approximate surface area is 137 Å². The van der Waals surface area contributed by atoms with Crippen LogP contribution in [0.3, 0.4) is 0 Å². The number of quaternary nitrogens is 1. The van der Waals surface area contributed by atoms with Crippen molar-refractivity contribution >= 4 is 17.7 Å². The van der Waals surface area contributed by atoms with Crippen LogP contribution in [0.5, 0.6) is 0 Å². The zero-order valence-corrected chi connectivity index (χ0v) is 14.1. The van der Waals surface area contributed by atoms with Crippen molar-refractivity contribution in [2.45, 2.75) is 26.8 Å². The maximum atomic E-state index is 12.4. The lowest BCUT2D eigenvalue weighted by Crippen LogP contribution is -3.19. The summed E-state index contributed by atoms with van der Waals surface area (Å²) in [7, 11) is 0. The number of hydrogen-bond donors (Lipinski definition) is 2. The first-order valence-corrected chi connectivity index (χ1v) is 8.15. The molecule has 0 saturated carbocycles. The number of benzene rings is 1. The lowest BCUT2D eigenvalue weighted by atomic mass is 10.1. The first-order chi connectivity index (χ1) is 11.0. The Morgan fingerprint density at radius 1 is 1.30 bits per heavy atom. The Balaban J connectivity index is 1.87. The average molecular weight is 320 g/mol. The SMILES string of the molecule is CCOC(=O)N1CC[NH+]([C@H](C)C(=O)Nc2ccccc2C)CC1.